The standard InChI is InChI=1S/C26H34N2O3/c29-26(19-22-7-4-15-27-20-22)28-16-12-25(13-17-28)31-24-10-8-23(9-11-24)30-18-14-21-5-2-1-3-6-21/h4,7-11,15,20-21,25H,1-3,5-6,12-14,16-19H2. The van der Waals surface area contributed by atoms with Crippen LogP contribution in [0.15, 0.2) is 48.8 Å². The van der Waals surface area contributed by atoms with Crippen LogP contribution in [0.3, 0.4) is 0 Å². The Bertz CT molecular complexity index is 795. The maximum Gasteiger partial charge on any atom is 0.227 e. The number of ether oxygens (including phenoxy) is 2. The number of pyridine rings is 1. The van der Waals surface area contributed by atoms with E-state index in [1.807, 2.05) is 41.3 Å². The molecule has 4 rings (SSSR count). The molecule has 0 unspecified atom stereocenters. The number of benzene rings is 1. The van der Waals surface area contributed by atoms with Crippen molar-refractivity contribution < 1.29 is 14.3 Å². The topological polar surface area (TPSA) is 51.7 Å². The van der Waals surface area contributed by atoms with Crippen LogP contribution >= 0.6 is 0 Å². The average Bonchev–Trinajstić information content (AvgIpc) is 2.82. The number of carbonyl (C=O) groups is 1. The first-order chi connectivity index (χ1) is 15.3. The van der Waals surface area contributed by atoms with E-state index < -0.39 is 0 Å². The molecule has 2 aliphatic rings. The van der Waals surface area contributed by atoms with Crippen molar-refractivity contribution in [3.05, 3.63) is 54.4 Å². The van der Waals surface area contributed by atoms with Crippen LogP contribution in [0.2, 0.25) is 0 Å². The number of amides is 1. The summed E-state index contributed by atoms with van der Waals surface area (Å²) in [6, 6.07) is 11.8. The third-order valence-corrected chi connectivity index (χ3v) is 6.52. The Balaban J connectivity index is 1.16. The summed E-state index contributed by atoms with van der Waals surface area (Å²) in [6.07, 6.45) is 13.8. The molecule has 1 aliphatic carbocycles. The van der Waals surface area contributed by atoms with Gasteiger partial charge in [0.1, 0.15) is 17.6 Å². The molecule has 2 fully saturated rings. The van der Waals surface area contributed by atoms with E-state index in [0.29, 0.717) is 6.42 Å². The molecule has 1 saturated carbocycles. The van der Waals surface area contributed by atoms with Gasteiger partial charge >= 0.3 is 0 Å². The Morgan fingerprint density at radius 2 is 1.71 bits per heavy atom. The fraction of sp³-hybridized carbons (Fsp3) is 0.538. The maximum absolute atomic E-state index is 12.5. The summed E-state index contributed by atoms with van der Waals surface area (Å²) in [5.74, 6) is 2.80. The second kappa shape index (κ2) is 11.2. The molecule has 0 spiro atoms. The van der Waals surface area contributed by atoms with E-state index in [4.69, 9.17) is 9.47 Å². The second-order valence-electron chi connectivity index (χ2n) is 8.85. The molecular weight excluding hydrogens is 388 g/mol. The molecule has 31 heavy (non-hydrogen) atoms. The van der Waals surface area contributed by atoms with Gasteiger partial charge in [0.2, 0.25) is 5.91 Å². The van der Waals surface area contributed by atoms with Crippen molar-refractivity contribution in [3.63, 3.8) is 0 Å². The molecule has 1 aliphatic heterocycles. The quantitative estimate of drug-likeness (QED) is 0.598. The smallest absolute Gasteiger partial charge is 0.227 e. The van der Waals surface area contributed by atoms with E-state index in [2.05, 4.69) is 4.98 Å². The van der Waals surface area contributed by atoms with Gasteiger partial charge < -0.3 is 14.4 Å². The van der Waals surface area contributed by atoms with Gasteiger partial charge in [-0.3, -0.25) is 9.78 Å². The number of hydrogen-bond acceptors (Lipinski definition) is 4. The van der Waals surface area contributed by atoms with Crippen LogP contribution in [0.4, 0.5) is 0 Å². The zero-order chi connectivity index (χ0) is 21.3. The lowest BCUT2D eigenvalue weighted by Gasteiger charge is -2.32. The summed E-state index contributed by atoms with van der Waals surface area (Å²) < 4.78 is 12.1. The summed E-state index contributed by atoms with van der Waals surface area (Å²) in [4.78, 5) is 18.5. The van der Waals surface area contributed by atoms with Crippen LogP contribution in [-0.2, 0) is 11.2 Å². The third kappa shape index (κ3) is 6.71. The van der Waals surface area contributed by atoms with E-state index in [-0.39, 0.29) is 12.0 Å². The molecule has 2 heterocycles. The van der Waals surface area contributed by atoms with E-state index >= 15 is 0 Å². The van der Waals surface area contributed by atoms with Crippen LogP contribution < -0.4 is 9.47 Å². The number of rotatable bonds is 8. The number of carbonyl (C=O) groups excluding carboxylic acids is 1. The molecule has 0 atom stereocenters. The summed E-state index contributed by atoms with van der Waals surface area (Å²) >= 11 is 0. The van der Waals surface area contributed by atoms with E-state index in [9.17, 15) is 4.79 Å². The van der Waals surface area contributed by atoms with E-state index in [1.165, 1.54) is 32.1 Å². The van der Waals surface area contributed by atoms with Gasteiger partial charge in [-0.2, -0.15) is 0 Å². The number of hydrogen-bond donors (Lipinski definition) is 0. The van der Waals surface area contributed by atoms with Crippen LogP contribution in [-0.4, -0.2) is 41.6 Å². The number of likely N-dealkylation sites (tertiary alicyclic amines) is 1. The van der Waals surface area contributed by atoms with Gasteiger partial charge in [-0.05, 0) is 48.2 Å². The Labute approximate surface area is 185 Å². The zero-order valence-electron chi connectivity index (χ0n) is 18.4. The molecule has 0 N–H and O–H groups in total. The highest BCUT2D eigenvalue weighted by Crippen LogP contribution is 2.27. The summed E-state index contributed by atoms with van der Waals surface area (Å²) in [6.45, 7) is 2.29. The fourth-order valence-corrected chi connectivity index (χ4v) is 4.64. The summed E-state index contributed by atoms with van der Waals surface area (Å²) in [7, 11) is 0. The minimum absolute atomic E-state index is 0.153. The van der Waals surface area contributed by atoms with Gasteiger partial charge in [0.05, 0.1) is 13.0 Å². The third-order valence-electron chi connectivity index (χ3n) is 6.52. The van der Waals surface area contributed by atoms with Crippen molar-refractivity contribution in [2.24, 2.45) is 5.92 Å². The second-order valence-corrected chi connectivity index (χ2v) is 8.85. The fourth-order valence-electron chi connectivity index (χ4n) is 4.64. The number of aromatic nitrogens is 1. The normalized spacial score (nSPS) is 18.0. The van der Waals surface area contributed by atoms with Crippen molar-refractivity contribution in [2.75, 3.05) is 19.7 Å². The Hall–Kier alpha value is -2.56. The van der Waals surface area contributed by atoms with Crippen LogP contribution in [0, 0.1) is 5.92 Å². The Morgan fingerprint density at radius 3 is 2.42 bits per heavy atom. The Morgan fingerprint density at radius 1 is 0.968 bits per heavy atom. The van der Waals surface area contributed by atoms with E-state index in [0.717, 1.165) is 61.9 Å². The zero-order valence-corrected chi connectivity index (χ0v) is 18.4. The first kappa shape index (κ1) is 21.7. The molecule has 1 aromatic heterocycles. The van der Waals surface area contributed by atoms with Gasteiger partial charge in [-0.15, -0.1) is 0 Å². The lowest BCUT2D eigenvalue weighted by Crippen LogP contribution is -2.42. The summed E-state index contributed by atoms with van der Waals surface area (Å²) in [5, 5.41) is 0. The molecule has 1 saturated heterocycles. The largest absolute Gasteiger partial charge is 0.494 e. The molecule has 1 amide bonds. The molecule has 1 aromatic carbocycles. The molecule has 5 nitrogen and oxygen atoms in total. The lowest BCUT2D eigenvalue weighted by atomic mass is 9.87. The van der Waals surface area contributed by atoms with Crippen molar-refractivity contribution in [3.8, 4) is 11.5 Å². The van der Waals surface area contributed by atoms with Crippen molar-refractivity contribution in [1.29, 1.82) is 0 Å². The molecule has 2 aromatic rings. The van der Waals surface area contributed by atoms with Crippen LogP contribution in [0.25, 0.3) is 0 Å². The number of nitrogens with zero attached hydrogens (tertiary/aromatic N) is 2. The van der Waals surface area contributed by atoms with Gasteiger partial charge in [-0.1, -0.05) is 38.2 Å². The van der Waals surface area contributed by atoms with Gasteiger partial charge in [-0.25, -0.2) is 0 Å². The molecule has 166 valence electrons. The van der Waals surface area contributed by atoms with Gasteiger partial charge in [0, 0.05) is 38.3 Å². The Kier molecular flexibility index (Phi) is 7.81. The van der Waals surface area contributed by atoms with Gasteiger partial charge in [0.25, 0.3) is 0 Å². The SMILES string of the molecule is O=C(Cc1cccnc1)N1CCC(Oc2ccc(OCCC3CCCCC3)cc2)CC1. The molecule has 5 heteroatoms. The predicted octanol–water partition coefficient (Wildman–Crippen LogP) is 5.04. The van der Waals surface area contributed by atoms with Crippen LogP contribution in [0.1, 0.15) is 56.9 Å². The first-order valence-electron chi connectivity index (χ1n) is 11.8. The average molecular weight is 423 g/mol. The first-order valence-corrected chi connectivity index (χ1v) is 11.8. The molecular formula is C26H34N2O3. The predicted molar refractivity (Wildman–Crippen MR) is 121 cm³/mol. The van der Waals surface area contributed by atoms with Crippen molar-refractivity contribution in [1.82, 2.24) is 9.88 Å². The highest BCUT2D eigenvalue weighted by molar-refractivity contribution is 5.78. The summed E-state index contributed by atoms with van der Waals surface area (Å²) in [5.41, 5.74) is 0.965. The minimum Gasteiger partial charge on any atom is -0.494 e. The van der Waals surface area contributed by atoms with Gasteiger partial charge in [0.15, 0.2) is 0 Å². The minimum atomic E-state index is 0.153. The van der Waals surface area contributed by atoms with Crippen molar-refractivity contribution >= 4 is 5.91 Å². The van der Waals surface area contributed by atoms with E-state index in [1.54, 1.807) is 12.4 Å². The molecule has 0 bridgehead atoms. The van der Waals surface area contributed by atoms with Crippen molar-refractivity contribution in [2.45, 2.75) is 63.9 Å². The van der Waals surface area contributed by atoms with Crippen LogP contribution in [0.5, 0.6) is 11.5 Å². The maximum atomic E-state index is 12.5. The lowest BCUT2D eigenvalue weighted by molar-refractivity contribution is -0.132. The highest BCUT2D eigenvalue weighted by atomic mass is 16.5. The number of piperidine rings is 1. The monoisotopic (exact) mass is 422 g/mol. The highest BCUT2D eigenvalue weighted by Gasteiger charge is 2.24. The molecule has 0 radical (unpaired) electrons.